The number of H-pyrrole nitrogens is 1. The van der Waals surface area contributed by atoms with Gasteiger partial charge in [-0.25, -0.2) is 8.42 Å². The Morgan fingerprint density at radius 3 is 2.62 bits per heavy atom. The van der Waals surface area contributed by atoms with Crippen molar-refractivity contribution in [3.8, 4) is 0 Å². The summed E-state index contributed by atoms with van der Waals surface area (Å²) in [6.45, 7) is 3.66. The molecule has 0 aliphatic rings. The minimum Gasteiger partial charge on any atom is -0.304 e. The van der Waals surface area contributed by atoms with E-state index in [4.69, 9.17) is 0 Å². The molecule has 0 fully saturated rings. The largest absolute Gasteiger partial charge is 0.304 e. The van der Waals surface area contributed by atoms with Crippen molar-refractivity contribution in [1.29, 1.82) is 0 Å². The van der Waals surface area contributed by atoms with E-state index < -0.39 is 9.84 Å². The van der Waals surface area contributed by atoms with Gasteiger partial charge < -0.3 is 4.98 Å². The lowest BCUT2D eigenvalue weighted by Gasteiger charge is -2.11. The zero-order chi connectivity index (χ0) is 18.6. The van der Waals surface area contributed by atoms with Crippen molar-refractivity contribution in [3.05, 3.63) is 57.9 Å². The minimum atomic E-state index is -3.95. The monoisotopic (exact) mass is 366 g/mol. The maximum Gasteiger partial charge on any atom is 0.259 e. The van der Waals surface area contributed by atoms with Gasteiger partial charge in [0.1, 0.15) is 7.85 Å². The summed E-state index contributed by atoms with van der Waals surface area (Å²) >= 11 is 0. The number of para-hydroxylation sites is 1. The first kappa shape index (κ1) is 16.5. The zero-order valence-electron chi connectivity index (χ0n) is 14.4. The average molecular weight is 366 g/mol. The fraction of sp³-hybridized carbons (Fsp3) is 0.118. The van der Waals surface area contributed by atoms with Crippen molar-refractivity contribution in [2.24, 2.45) is 0 Å². The van der Waals surface area contributed by atoms with Crippen molar-refractivity contribution < 1.29 is 8.42 Å². The normalized spacial score (nSPS) is 12.1. The second-order valence-corrected chi connectivity index (χ2v) is 8.16. The molecule has 2 heterocycles. The number of nitrogens with one attached hydrogen (secondary N) is 1. The molecule has 2 aromatic carbocycles. The molecule has 130 valence electrons. The molecule has 1 N–H and O–H groups in total. The maximum atomic E-state index is 13.3. The van der Waals surface area contributed by atoms with Crippen LogP contribution in [0.25, 0.3) is 16.6 Å². The van der Waals surface area contributed by atoms with Crippen molar-refractivity contribution in [2.75, 3.05) is 0 Å². The molecule has 0 aliphatic carbocycles. The highest BCUT2D eigenvalue weighted by molar-refractivity contribution is 7.91. The third-order valence-corrected chi connectivity index (χ3v) is 6.34. The molecule has 0 saturated heterocycles. The first-order chi connectivity index (χ1) is 12.3. The second kappa shape index (κ2) is 5.53. The number of benzene rings is 2. The van der Waals surface area contributed by atoms with Crippen molar-refractivity contribution in [2.45, 2.75) is 23.8 Å². The Morgan fingerprint density at radius 2 is 1.88 bits per heavy atom. The molecule has 4 rings (SSSR count). The van der Waals surface area contributed by atoms with Gasteiger partial charge in [0, 0.05) is 0 Å². The van der Waals surface area contributed by atoms with Crippen molar-refractivity contribution in [3.63, 3.8) is 0 Å². The van der Waals surface area contributed by atoms with E-state index in [1.807, 2.05) is 19.1 Å². The summed E-state index contributed by atoms with van der Waals surface area (Å²) in [5.41, 5.74) is 2.42. The number of nitrogens with zero attached hydrogens (tertiary/aromatic N) is 3. The van der Waals surface area contributed by atoms with Crippen LogP contribution < -0.4 is 11.0 Å². The van der Waals surface area contributed by atoms with Gasteiger partial charge in [-0.3, -0.25) is 4.79 Å². The Hall–Kier alpha value is -2.94. The molecule has 4 aromatic rings. The molecule has 0 bridgehead atoms. The highest BCUT2D eigenvalue weighted by atomic mass is 32.2. The summed E-state index contributed by atoms with van der Waals surface area (Å²) in [4.78, 5) is 15.2. The molecule has 0 aliphatic heterocycles. The van der Waals surface area contributed by atoms with Crippen LogP contribution in [0.15, 0.2) is 51.1 Å². The van der Waals surface area contributed by atoms with E-state index in [-0.39, 0.29) is 21.1 Å². The number of aromatic nitrogens is 4. The summed E-state index contributed by atoms with van der Waals surface area (Å²) < 4.78 is 27.9. The van der Waals surface area contributed by atoms with Gasteiger partial charge in [0.15, 0.2) is 5.65 Å². The quantitative estimate of drug-likeness (QED) is 0.514. The van der Waals surface area contributed by atoms with Crippen LogP contribution in [0.4, 0.5) is 0 Å². The van der Waals surface area contributed by atoms with Crippen LogP contribution in [0.1, 0.15) is 11.1 Å². The standard InChI is InChI=1S/C17H15BN4O3S/c1-9-7-10(2)14(12(18)8-9)26(24,25)17-15-19-16(23)11-5-3-4-6-13(11)22(15)21-20-17/h3-8H,18H2,1-2H3,(H,19,23). The third kappa shape index (κ3) is 2.27. The maximum absolute atomic E-state index is 13.3. The van der Waals surface area contributed by atoms with Crippen LogP contribution in [0.3, 0.4) is 0 Å². The third-order valence-electron chi connectivity index (χ3n) is 4.38. The summed E-state index contributed by atoms with van der Waals surface area (Å²) in [6, 6.07) is 10.5. The Kier molecular flexibility index (Phi) is 3.52. The first-order valence-corrected chi connectivity index (χ1v) is 9.48. The number of sulfone groups is 1. The van der Waals surface area contributed by atoms with Gasteiger partial charge in [0.2, 0.25) is 14.9 Å². The number of aryl methyl sites for hydroxylation is 2. The topological polar surface area (TPSA) is 97.2 Å². The number of rotatable bonds is 2. The highest BCUT2D eigenvalue weighted by Crippen LogP contribution is 2.24. The van der Waals surface area contributed by atoms with E-state index in [2.05, 4.69) is 15.3 Å². The van der Waals surface area contributed by atoms with Gasteiger partial charge in [-0.1, -0.05) is 40.5 Å². The second-order valence-electron chi connectivity index (χ2n) is 6.36. The van der Waals surface area contributed by atoms with Gasteiger partial charge in [0.05, 0.1) is 15.8 Å². The summed E-state index contributed by atoms with van der Waals surface area (Å²) in [7, 11) is -2.20. The molecule has 7 nitrogen and oxygen atoms in total. The summed E-state index contributed by atoms with van der Waals surface area (Å²) in [5.74, 6) is 0. The Bertz CT molecular complexity index is 1330. The van der Waals surface area contributed by atoms with E-state index in [0.717, 1.165) is 5.56 Å². The molecule has 9 heteroatoms. The molecule has 0 radical (unpaired) electrons. The Morgan fingerprint density at radius 1 is 1.15 bits per heavy atom. The number of hydrogen-bond acceptors (Lipinski definition) is 5. The lowest BCUT2D eigenvalue weighted by molar-refractivity contribution is 0.592. The predicted molar refractivity (Wildman–Crippen MR) is 101 cm³/mol. The highest BCUT2D eigenvalue weighted by Gasteiger charge is 2.29. The Balaban J connectivity index is 2.08. The molecular formula is C17H15BN4O3S. The van der Waals surface area contributed by atoms with Gasteiger partial charge in [0.25, 0.3) is 5.56 Å². The molecular weight excluding hydrogens is 351 g/mol. The molecule has 0 spiro atoms. The summed E-state index contributed by atoms with van der Waals surface area (Å²) in [6.07, 6.45) is 0. The van der Waals surface area contributed by atoms with Crippen LogP contribution in [0, 0.1) is 13.8 Å². The van der Waals surface area contributed by atoms with E-state index in [0.29, 0.717) is 21.9 Å². The smallest absolute Gasteiger partial charge is 0.259 e. The number of hydrogen-bond donors (Lipinski definition) is 1. The predicted octanol–water partition coefficient (Wildman–Crippen LogP) is 0.279. The lowest BCUT2D eigenvalue weighted by atomic mass is 9.92. The van der Waals surface area contributed by atoms with Gasteiger partial charge in [-0.15, -0.1) is 5.10 Å². The van der Waals surface area contributed by atoms with Gasteiger partial charge in [-0.05, 0) is 31.5 Å². The molecule has 0 atom stereocenters. The molecule has 0 unspecified atom stereocenters. The van der Waals surface area contributed by atoms with Crippen molar-refractivity contribution >= 4 is 39.7 Å². The average Bonchev–Trinajstić information content (AvgIpc) is 2.98. The number of fused-ring (bicyclic) bond motifs is 3. The van der Waals surface area contributed by atoms with E-state index in [1.165, 1.54) is 4.52 Å². The van der Waals surface area contributed by atoms with Crippen LogP contribution in [-0.4, -0.2) is 36.1 Å². The minimum absolute atomic E-state index is 0.0630. The van der Waals surface area contributed by atoms with E-state index in [1.54, 1.807) is 39.0 Å². The fourth-order valence-electron chi connectivity index (χ4n) is 3.44. The first-order valence-electron chi connectivity index (χ1n) is 8.00. The molecule has 2 aromatic heterocycles. The lowest BCUT2D eigenvalue weighted by Crippen LogP contribution is -2.20. The SMILES string of the molecule is Bc1cc(C)cc(C)c1S(=O)(=O)c1nnn2c1[nH]c(=O)c1ccccc12. The van der Waals surface area contributed by atoms with E-state index in [9.17, 15) is 13.2 Å². The van der Waals surface area contributed by atoms with E-state index >= 15 is 0 Å². The van der Waals surface area contributed by atoms with Gasteiger partial charge in [-0.2, -0.15) is 4.52 Å². The number of aromatic amines is 1. The van der Waals surface area contributed by atoms with Crippen LogP contribution >= 0.6 is 0 Å². The fourth-order valence-corrected chi connectivity index (χ4v) is 5.13. The van der Waals surface area contributed by atoms with Crippen LogP contribution in [0.5, 0.6) is 0 Å². The van der Waals surface area contributed by atoms with Crippen LogP contribution in [-0.2, 0) is 9.84 Å². The molecule has 26 heavy (non-hydrogen) atoms. The summed E-state index contributed by atoms with van der Waals surface area (Å²) in [5, 5.41) is 8.03. The van der Waals surface area contributed by atoms with Crippen LogP contribution in [0.2, 0.25) is 0 Å². The zero-order valence-corrected chi connectivity index (χ0v) is 15.3. The van der Waals surface area contributed by atoms with Gasteiger partial charge >= 0.3 is 0 Å². The van der Waals surface area contributed by atoms with Crippen molar-refractivity contribution in [1.82, 2.24) is 19.8 Å². The Labute approximate surface area is 150 Å². The molecule has 0 saturated carbocycles. The molecule has 0 amide bonds.